The smallest absolute Gasteiger partial charge is 0.273 e. The zero-order chi connectivity index (χ0) is 17.1. The van der Waals surface area contributed by atoms with E-state index in [9.17, 15) is 4.79 Å². The normalized spacial score (nSPS) is 16.9. The van der Waals surface area contributed by atoms with Gasteiger partial charge in [0, 0.05) is 44.0 Å². The maximum absolute atomic E-state index is 12.6. The van der Waals surface area contributed by atoms with Crippen LogP contribution in [0, 0.1) is 5.92 Å². The monoisotopic (exact) mass is 425 g/mol. The molecule has 3 aromatic heterocycles. The SMILES string of the molecule is Cl.Cl.O=C(c1cscn1)N1CCNCC(Cc2ccnc3cccnc23)C1. The van der Waals surface area contributed by atoms with Gasteiger partial charge >= 0.3 is 0 Å². The molecule has 0 bridgehead atoms. The van der Waals surface area contributed by atoms with Crippen molar-refractivity contribution < 1.29 is 4.79 Å². The van der Waals surface area contributed by atoms with Gasteiger partial charge in [-0.1, -0.05) is 0 Å². The zero-order valence-electron chi connectivity index (χ0n) is 14.6. The Morgan fingerprint density at radius 3 is 2.93 bits per heavy atom. The molecule has 0 radical (unpaired) electrons. The minimum absolute atomic E-state index is 0. The van der Waals surface area contributed by atoms with Crippen molar-refractivity contribution in [3.8, 4) is 0 Å². The molecule has 3 aromatic rings. The molecular weight excluding hydrogens is 405 g/mol. The van der Waals surface area contributed by atoms with E-state index in [2.05, 4.69) is 20.3 Å². The summed E-state index contributed by atoms with van der Waals surface area (Å²) in [6, 6.07) is 5.92. The summed E-state index contributed by atoms with van der Waals surface area (Å²) >= 11 is 1.45. The summed E-state index contributed by atoms with van der Waals surface area (Å²) in [7, 11) is 0. The summed E-state index contributed by atoms with van der Waals surface area (Å²) < 4.78 is 0. The van der Waals surface area contributed by atoms with Crippen molar-refractivity contribution in [2.75, 3.05) is 26.2 Å². The highest BCUT2D eigenvalue weighted by Gasteiger charge is 2.24. The first-order valence-electron chi connectivity index (χ1n) is 8.38. The molecule has 0 aromatic carbocycles. The minimum Gasteiger partial charge on any atom is -0.336 e. The van der Waals surface area contributed by atoms with Crippen molar-refractivity contribution in [2.45, 2.75) is 6.42 Å². The van der Waals surface area contributed by atoms with E-state index in [1.807, 2.05) is 34.7 Å². The van der Waals surface area contributed by atoms with Crippen LogP contribution in [0.15, 0.2) is 41.5 Å². The number of rotatable bonds is 3. The molecular formula is C18H21Cl2N5OS. The summed E-state index contributed by atoms with van der Waals surface area (Å²) in [6.45, 7) is 3.13. The van der Waals surface area contributed by atoms with Crippen LogP contribution >= 0.6 is 36.2 Å². The van der Waals surface area contributed by atoms with Gasteiger partial charge in [0.15, 0.2) is 0 Å². The molecule has 4 rings (SSSR count). The summed E-state index contributed by atoms with van der Waals surface area (Å²) in [5.41, 5.74) is 5.29. The van der Waals surface area contributed by atoms with Gasteiger partial charge in [-0.15, -0.1) is 36.2 Å². The predicted molar refractivity (Wildman–Crippen MR) is 112 cm³/mol. The quantitative estimate of drug-likeness (QED) is 0.698. The third-order valence-corrected chi connectivity index (χ3v) is 5.08. The van der Waals surface area contributed by atoms with Gasteiger partial charge in [0.05, 0.1) is 16.5 Å². The maximum atomic E-state index is 12.6. The zero-order valence-corrected chi connectivity index (χ0v) is 17.0. The fourth-order valence-electron chi connectivity index (χ4n) is 3.30. The summed E-state index contributed by atoms with van der Waals surface area (Å²) in [5, 5.41) is 5.26. The Labute approximate surface area is 174 Å². The van der Waals surface area contributed by atoms with Crippen LogP contribution in [-0.2, 0) is 6.42 Å². The Morgan fingerprint density at radius 1 is 1.22 bits per heavy atom. The summed E-state index contributed by atoms with van der Waals surface area (Å²) in [4.78, 5) is 27.6. The van der Waals surface area contributed by atoms with Crippen molar-refractivity contribution in [3.05, 3.63) is 52.7 Å². The van der Waals surface area contributed by atoms with Gasteiger partial charge in [-0.2, -0.15) is 0 Å². The van der Waals surface area contributed by atoms with E-state index in [1.54, 1.807) is 11.7 Å². The number of amides is 1. The Balaban J connectivity index is 0.00000131. The molecule has 1 amide bonds. The number of hydrogen-bond acceptors (Lipinski definition) is 6. The molecule has 6 nitrogen and oxygen atoms in total. The van der Waals surface area contributed by atoms with Crippen LogP contribution in [0.1, 0.15) is 16.1 Å². The number of nitrogens with zero attached hydrogens (tertiary/aromatic N) is 4. The van der Waals surface area contributed by atoms with Crippen molar-refractivity contribution in [1.29, 1.82) is 0 Å². The summed E-state index contributed by atoms with van der Waals surface area (Å²) in [6.07, 6.45) is 4.50. The number of halogens is 2. The summed E-state index contributed by atoms with van der Waals surface area (Å²) in [5.74, 6) is 0.352. The van der Waals surface area contributed by atoms with Crippen LogP contribution in [0.25, 0.3) is 11.0 Å². The van der Waals surface area contributed by atoms with E-state index < -0.39 is 0 Å². The number of carbonyl (C=O) groups is 1. The van der Waals surface area contributed by atoms with Gasteiger partial charge < -0.3 is 10.2 Å². The topological polar surface area (TPSA) is 71.0 Å². The second-order valence-corrected chi connectivity index (χ2v) is 6.96. The molecule has 27 heavy (non-hydrogen) atoms. The first kappa shape index (κ1) is 21.5. The van der Waals surface area contributed by atoms with Gasteiger partial charge in [-0.05, 0) is 36.1 Å². The van der Waals surface area contributed by atoms with E-state index in [-0.39, 0.29) is 30.7 Å². The third-order valence-electron chi connectivity index (χ3n) is 4.50. The van der Waals surface area contributed by atoms with E-state index in [1.165, 1.54) is 16.9 Å². The number of pyridine rings is 2. The number of thiazole rings is 1. The molecule has 0 saturated carbocycles. The van der Waals surface area contributed by atoms with Crippen LogP contribution in [0.2, 0.25) is 0 Å². The number of aromatic nitrogens is 3. The highest BCUT2D eigenvalue weighted by atomic mass is 35.5. The number of carbonyl (C=O) groups excluding carboxylic acids is 1. The molecule has 0 aliphatic carbocycles. The maximum Gasteiger partial charge on any atom is 0.273 e. The Morgan fingerprint density at radius 2 is 2.11 bits per heavy atom. The highest BCUT2D eigenvalue weighted by Crippen LogP contribution is 2.19. The Hall–Kier alpha value is -1.80. The molecule has 1 aliphatic heterocycles. The lowest BCUT2D eigenvalue weighted by atomic mass is 9.98. The third kappa shape index (κ3) is 4.93. The largest absolute Gasteiger partial charge is 0.336 e. The highest BCUT2D eigenvalue weighted by molar-refractivity contribution is 7.07. The number of fused-ring (bicyclic) bond motifs is 1. The number of nitrogens with one attached hydrogen (secondary N) is 1. The fraction of sp³-hybridized carbons (Fsp3) is 0.333. The van der Waals surface area contributed by atoms with E-state index in [0.717, 1.165) is 37.1 Å². The average molecular weight is 426 g/mol. The first-order valence-corrected chi connectivity index (χ1v) is 9.32. The second-order valence-electron chi connectivity index (χ2n) is 6.24. The van der Waals surface area contributed by atoms with Gasteiger partial charge in [-0.25, -0.2) is 4.98 Å². The molecule has 1 atom stereocenters. The van der Waals surface area contributed by atoms with E-state index in [0.29, 0.717) is 18.2 Å². The molecule has 1 unspecified atom stereocenters. The van der Waals surface area contributed by atoms with Crippen molar-refractivity contribution in [2.24, 2.45) is 5.92 Å². The standard InChI is InChI=1S/C18H19N5OS.2ClH/c24-18(16-11-25-12-22-16)23-7-6-19-9-13(10-23)8-14-3-5-20-15-2-1-4-21-17(14)15;;/h1-5,11-13,19H,6-10H2;2*1H. The average Bonchev–Trinajstić information content (AvgIpc) is 3.08. The Bertz CT molecular complexity index is 872. The molecule has 0 spiro atoms. The first-order chi connectivity index (χ1) is 12.3. The Kier molecular flexibility index (Phi) is 7.91. The molecule has 1 fully saturated rings. The van der Waals surface area contributed by atoms with Gasteiger partial charge in [-0.3, -0.25) is 14.8 Å². The van der Waals surface area contributed by atoms with Gasteiger partial charge in [0.1, 0.15) is 5.69 Å². The van der Waals surface area contributed by atoms with Crippen molar-refractivity contribution in [3.63, 3.8) is 0 Å². The lowest BCUT2D eigenvalue weighted by molar-refractivity contribution is 0.0742. The van der Waals surface area contributed by atoms with E-state index in [4.69, 9.17) is 0 Å². The lowest BCUT2D eigenvalue weighted by Gasteiger charge is -2.23. The van der Waals surface area contributed by atoms with Crippen LogP contribution < -0.4 is 5.32 Å². The fourth-order valence-corrected chi connectivity index (χ4v) is 3.83. The van der Waals surface area contributed by atoms with E-state index >= 15 is 0 Å². The molecule has 1 aliphatic rings. The lowest BCUT2D eigenvalue weighted by Crippen LogP contribution is -2.36. The molecule has 9 heteroatoms. The van der Waals surface area contributed by atoms with Crippen LogP contribution in [-0.4, -0.2) is 51.9 Å². The van der Waals surface area contributed by atoms with Crippen LogP contribution in [0.5, 0.6) is 0 Å². The predicted octanol–water partition coefficient (Wildman–Crippen LogP) is 2.83. The molecule has 4 heterocycles. The van der Waals surface area contributed by atoms with Crippen molar-refractivity contribution >= 4 is 53.1 Å². The minimum atomic E-state index is 0. The van der Waals surface area contributed by atoms with Gasteiger partial charge in [0.2, 0.25) is 0 Å². The van der Waals surface area contributed by atoms with Crippen molar-refractivity contribution in [1.82, 2.24) is 25.2 Å². The molecule has 1 saturated heterocycles. The molecule has 144 valence electrons. The second kappa shape index (κ2) is 9.94. The van der Waals surface area contributed by atoms with Crippen LogP contribution in [0.4, 0.5) is 0 Å². The van der Waals surface area contributed by atoms with Crippen LogP contribution in [0.3, 0.4) is 0 Å². The molecule has 1 N–H and O–H groups in total. The van der Waals surface area contributed by atoms with Gasteiger partial charge in [0.25, 0.3) is 5.91 Å². The number of hydrogen-bond donors (Lipinski definition) is 1.